The Morgan fingerprint density at radius 1 is 1.00 bits per heavy atom. The molecule has 1 saturated heterocycles. The lowest BCUT2D eigenvalue weighted by atomic mass is 10.0. The van der Waals surface area contributed by atoms with Gasteiger partial charge in [0.05, 0.1) is 0 Å². The molecule has 0 aliphatic carbocycles. The minimum Gasteiger partial charge on any atom is -0.463 e. The Labute approximate surface area is 135 Å². The Balaban J connectivity index is 2.85. The molecule has 0 saturated carbocycles. The van der Waals surface area contributed by atoms with Gasteiger partial charge in [0.25, 0.3) is 0 Å². The summed E-state index contributed by atoms with van der Waals surface area (Å²) in [5, 5.41) is 9.77. The first-order valence-electron chi connectivity index (χ1n) is 7.79. The van der Waals surface area contributed by atoms with Gasteiger partial charge in [-0.05, 0) is 0 Å². The summed E-state index contributed by atoms with van der Waals surface area (Å²) in [5.74, 6) is -1.43. The highest BCUT2D eigenvalue weighted by atomic mass is 16.7. The van der Waals surface area contributed by atoms with Gasteiger partial charge < -0.3 is 24.1 Å². The standard InChI is InChI=1S/C15H24O8/c1-4-11(16)20-8-10-15(23-13(18)6-3)9(7-14(19)22-10)21-12(17)5-2/h9-10,14-15,19H,4-8H2,1-3H3/t9-,10-,14?,15+/m1/s1. The molecule has 0 amide bonds. The zero-order valence-corrected chi connectivity index (χ0v) is 13.6. The average molecular weight is 332 g/mol. The number of rotatable bonds is 7. The van der Waals surface area contributed by atoms with Crippen LogP contribution in [0, 0.1) is 0 Å². The molecular weight excluding hydrogens is 308 g/mol. The molecule has 1 rings (SSSR count). The lowest BCUT2D eigenvalue weighted by molar-refractivity contribution is -0.253. The van der Waals surface area contributed by atoms with Crippen molar-refractivity contribution in [3.63, 3.8) is 0 Å². The molecule has 0 spiro atoms. The molecule has 8 nitrogen and oxygen atoms in total. The number of carbonyl (C=O) groups excluding carboxylic acids is 3. The van der Waals surface area contributed by atoms with Crippen molar-refractivity contribution in [1.29, 1.82) is 0 Å². The van der Waals surface area contributed by atoms with E-state index < -0.39 is 42.5 Å². The van der Waals surface area contributed by atoms with E-state index in [9.17, 15) is 19.5 Å². The monoisotopic (exact) mass is 332 g/mol. The lowest BCUT2D eigenvalue weighted by Gasteiger charge is -2.38. The van der Waals surface area contributed by atoms with Gasteiger partial charge in [0, 0.05) is 25.7 Å². The minimum atomic E-state index is -1.20. The highest BCUT2D eigenvalue weighted by Gasteiger charge is 2.43. The summed E-state index contributed by atoms with van der Waals surface area (Å²) in [6, 6.07) is 0. The molecule has 0 radical (unpaired) electrons. The number of aliphatic hydroxyl groups is 1. The largest absolute Gasteiger partial charge is 0.463 e. The van der Waals surface area contributed by atoms with Crippen molar-refractivity contribution in [1.82, 2.24) is 0 Å². The van der Waals surface area contributed by atoms with Crippen molar-refractivity contribution >= 4 is 17.9 Å². The summed E-state index contributed by atoms with van der Waals surface area (Å²) >= 11 is 0. The Kier molecular flexibility index (Phi) is 7.97. The third-order valence-electron chi connectivity index (χ3n) is 3.32. The number of hydrogen-bond donors (Lipinski definition) is 1. The maximum Gasteiger partial charge on any atom is 0.306 e. The van der Waals surface area contributed by atoms with Crippen molar-refractivity contribution in [2.45, 2.75) is 71.1 Å². The van der Waals surface area contributed by atoms with E-state index in [-0.39, 0.29) is 32.3 Å². The van der Waals surface area contributed by atoms with E-state index in [1.807, 2.05) is 0 Å². The molecule has 1 aliphatic heterocycles. The van der Waals surface area contributed by atoms with E-state index in [0.717, 1.165) is 0 Å². The predicted octanol–water partition coefficient (Wildman–Crippen LogP) is 0.690. The number of carbonyl (C=O) groups is 3. The second-order valence-electron chi connectivity index (χ2n) is 5.09. The van der Waals surface area contributed by atoms with Gasteiger partial charge in [-0.15, -0.1) is 0 Å². The van der Waals surface area contributed by atoms with Gasteiger partial charge in [-0.1, -0.05) is 20.8 Å². The van der Waals surface area contributed by atoms with Crippen LogP contribution >= 0.6 is 0 Å². The summed E-state index contributed by atoms with van der Waals surface area (Å²) in [4.78, 5) is 34.4. The summed E-state index contributed by atoms with van der Waals surface area (Å²) in [7, 11) is 0. The quantitative estimate of drug-likeness (QED) is 0.536. The Morgan fingerprint density at radius 2 is 1.57 bits per heavy atom. The average Bonchev–Trinajstić information content (AvgIpc) is 2.54. The molecule has 0 aromatic heterocycles. The van der Waals surface area contributed by atoms with Gasteiger partial charge in [0.15, 0.2) is 12.4 Å². The van der Waals surface area contributed by atoms with Crippen LogP contribution in [0.3, 0.4) is 0 Å². The maximum absolute atomic E-state index is 11.6. The Morgan fingerprint density at radius 3 is 2.13 bits per heavy atom. The first-order chi connectivity index (χ1) is 10.9. The molecule has 23 heavy (non-hydrogen) atoms. The van der Waals surface area contributed by atoms with Crippen molar-refractivity contribution in [2.75, 3.05) is 6.61 Å². The van der Waals surface area contributed by atoms with Crippen LogP contribution in [0.15, 0.2) is 0 Å². The van der Waals surface area contributed by atoms with Gasteiger partial charge >= 0.3 is 17.9 Å². The minimum absolute atomic E-state index is 0.0222. The van der Waals surface area contributed by atoms with E-state index in [4.69, 9.17) is 18.9 Å². The van der Waals surface area contributed by atoms with Gasteiger partial charge in [0.1, 0.15) is 18.8 Å². The highest BCUT2D eigenvalue weighted by Crippen LogP contribution is 2.25. The lowest BCUT2D eigenvalue weighted by Crippen LogP contribution is -2.53. The van der Waals surface area contributed by atoms with Crippen molar-refractivity contribution in [3.8, 4) is 0 Å². The number of hydrogen-bond acceptors (Lipinski definition) is 8. The third-order valence-corrected chi connectivity index (χ3v) is 3.32. The first kappa shape index (κ1) is 19.4. The van der Waals surface area contributed by atoms with Gasteiger partial charge in [0.2, 0.25) is 0 Å². The molecule has 0 aromatic rings. The summed E-state index contributed by atoms with van der Waals surface area (Å²) < 4.78 is 20.8. The highest BCUT2D eigenvalue weighted by molar-refractivity contribution is 5.70. The molecular formula is C15H24O8. The molecule has 1 unspecified atom stereocenters. The number of esters is 3. The molecule has 1 heterocycles. The fourth-order valence-electron chi connectivity index (χ4n) is 2.07. The molecule has 1 fully saturated rings. The predicted molar refractivity (Wildman–Crippen MR) is 77.1 cm³/mol. The van der Waals surface area contributed by atoms with Crippen LogP contribution in [0.25, 0.3) is 0 Å². The normalized spacial score (nSPS) is 27.1. The first-order valence-corrected chi connectivity index (χ1v) is 7.79. The second kappa shape index (κ2) is 9.46. The number of aliphatic hydroxyl groups excluding tert-OH is 1. The molecule has 1 N–H and O–H groups in total. The van der Waals surface area contributed by atoms with Crippen LogP contribution in [0.5, 0.6) is 0 Å². The van der Waals surface area contributed by atoms with Crippen molar-refractivity contribution < 1.29 is 38.4 Å². The summed E-state index contributed by atoms with van der Waals surface area (Å²) in [6.07, 6.45) is -3.45. The molecule has 4 atom stereocenters. The molecule has 0 aromatic carbocycles. The van der Waals surface area contributed by atoms with Crippen LogP contribution in [0.4, 0.5) is 0 Å². The number of ether oxygens (including phenoxy) is 4. The fourth-order valence-corrected chi connectivity index (χ4v) is 2.07. The van der Waals surface area contributed by atoms with E-state index in [2.05, 4.69) is 0 Å². The third kappa shape index (κ3) is 6.15. The zero-order chi connectivity index (χ0) is 17.4. The zero-order valence-electron chi connectivity index (χ0n) is 13.6. The van der Waals surface area contributed by atoms with E-state index >= 15 is 0 Å². The topological polar surface area (TPSA) is 108 Å². The van der Waals surface area contributed by atoms with Crippen molar-refractivity contribution in [3.05, 3.63) is 0 Å². The van der Waals surface area contributed by atoms with E-state index in [0.29, 0.717) is 0 Å². The van der Waals surface area contributed by atoms with Gasteiger partial charge in [-0.2, -0.15) is 0 Å². The molecule has 132 valence electrons. The van der Waals surface area contributed by atoms with Crippen LogP contribution < -0.4 is 0 Å². The molecule has 1 aliphatic rings. The summed E-state index contributed by atoms with van der Waals surface area (Å²) in [5.41, 5.74) is 0. The van der Waals surface area contributed by atoms with Crippen LogP contribution in [0.1, 0.15) is 46.5 Å². The smallest absolute Gasteiger partial charge is 0.306 e. The Hall–Kier alpha value is -1.67. The van der Waals surface area contributed by atoms with Gasteiger partial charge in [-0.3, -0.25) is 14.4 Å². The van der Waals surface area contributed by atoms with Gasteiger partial charge in [-0.25, -0.2) is 0 Å². The second-order valence-corrected chi connectivity index (χ2v) is 5.09. The molecule has 8 heteroatoms. The van der Waals surface area contributed by atoms with Crippen molar-refractivity contribution in [2.24, 2.45) is 0 Å². The summed E-state index contributed by atoms with van der Waals surface area (Å²) in [6.45, 7) is 4.69. The van der Waals surface area contributed by atoms with E-state index in [1.165, 1.54) is 0 Å². The van der Waals surface area contributed by atoms with E-state index in [1.54, 1.807) is 20.8 Å². The van der Waals surface area contributed by atoms with Crippen LogP contribution in [-0.4, -0.2) is 54.2 Å². The SMILES string of the molecule is CCC(=O)OC[C@H]1OC(O)C[C@@H](OC(=O)CC)[C@@H]1OC(=O)CC. The Bertz CT molecular complexity index is 422. The van der Waals surface area contributed by atoms with Crippen LogP contribution in [-0.2, 0) is 33.3 Å². The van der Waals surface area contributed by atoms with Crippen LogP contribution in [0.2, 0.25) is 0 Å². The maximum atomic E-state index is 11.6. The fraction of sp³-hybridized carbons (Fsp3) is 0.800. The molecule has 0 bridgehead atoms.